The van der Waals surface area contributed by atoms with Crippen molar-refractivity contribution in [2.24, 2.45) is 0 Å². The van der Waals surface area contributed by atoms with Crippen molar-refractivity contribution in [2.45, 2.75) is 25.8 Å². The molecule has 0 saturated heterocycles. The summed E-state index contributed by atoms with van der Waals surface area (Å²) in [6.45, 7) is 2.60. The fourth-order valence-electron chi connectivity index (χ4n) is 3.39. The first-order valence-corrected chi connectivity index (χ1v) is 8.74. The molecule has 0 radical (unpaired) electrons. The van der Waals surface area contributed by atoms with Gasteiger partial charge in [-0.3, -0.25) is 4.79 Å². The number of aryl methyl sites for hydroxylation is 1. The highest BCUT2D eigenvalue weighted by Crippen LogP contribution is 2.31. The smallest absolute Gasteiger partial charge is 0.229 e. The molecule has 4 rings (SSSR count). The molecule has 26 heavy (non-hydrogen) atoms. The second-order valence-corrected chi connectivity index (χ2v) is 6.68. The molecule has 1 unspecified atom stereocenters. The third-order valence-electron chi connectivity index (χ3n) is 5.05. The zero-order valence-electron chi connectivity index (χ0n) is 14.8. The summed E-state index contributed by atoms with van der Waals surface area (Å²) in [7, 11) is 1.76. The zero-order valence-corrected chi connectivity index (χ0v) is 14.8. The zero-order chi connectivity index (χ0) is 18.3. The van der Waals surface area contributed by atoms with Crippen LogP contribution in [0.5, 0.6) is 0 Å². The van der Waals surface area contributed by atoms with E-state index in [-0.39, 0.29) is 17.6 Å². The first-order valence-electron chi connectivity index (χ1n) is 8.74. The lowest BCUT2D eigenvalue weighted by molar-refractivity contribution is -0.119. The number of amides is 1. The number of benzene rings is 2. The van der Waals surface area contributed by atoms with Gasteiger partial charge in [0.2, 0.25) is 5.91 Å². The van der Waals surface area contributed by atoms with Gasteiger partial charge in [0, 0.05) is 31.0 Å². The van der Waals surface area contributed by atoms with Crippen molar-refractivity contribution in [3.63, 3.8) is 0 Å². The van der Waals surface area contributed by atoms with E-state index in [0.717, 1.165) is 22.6 Å². The molecular weight excluding hydrogens is 329 g/mol. The Balaban J connectivity index is 1.65. The van der Waals surface area contributed by atoms with Crippen LogP contribution in [0, 0.1) is 5.82 Å². The fourth-order valence-corrected chi connectivity index (χ4v) is 3.39. The molecule has 1 aliphatic rings. The van der Waals surface area contributed by atoms with Crippen LogP contribution in [0.25, 0.3) is 11.1 Å². The van der Waals surface area contributed by atoms with Crippen molar-refractivity contribution in [3.8, 4) is 11.1 Å². The Morgan fingerprint density at radius 2 is 1.88 bits per heavy atom. The maximum Gasteiger partial charge on any atom is 0.229 e. The Bertz CT molecular complexity index is 965. The maximum absolute atomic E-state index is 14.7. The summed E-state index contributed by atoms with van der Waals surface area (Å²) in [4.78, 5) is 13.5. The van der Waals surface area contributed by atoms with Crippen LogP contribution >= 0.6 is 0 Å². The summed E-state index contributed by atoms with van der Waals surface area (Å²) in [5, 5.41) is 4.62. The van der Waals surface area contributed by atoms with Crippen molar-refractivity contribution in [1.82, 2.24) is 9.78 Å². The van der Waals surface area contributed by atoms with Crippen molar-refractivity contribution in [1.29, 1.82) is 0 Å². The molecule has 0 bridgehead atoms. The molecule has 1 aromatic heterocycles. The highest BCUT2D eigenvalue weighted by Gasteiger charge is 2.25. The van der Waals surface area contributed by atoms with Gasteiger partial charge < -0.3 is 4.90 Å². The number of rotatable bonds is 3. The van der Waals surface area contributed by atoms with Crippen LogP contribution in [-0.2, 0) is 11.3 Å². The minimum absolute atomic E-state index is 0.0593. The standard InChI is InChI=1S/C21H20FN3O/c1-14(19-13-20-24(2)21(26)10-11-25(20)23-19)16-8-9-17(18(22)12-16)15-6-4-3-5-7-15/h3-9,12-14H,10-11H2,1-2H3. The van der Waals surface area contributed by atoms with Gasteiger partial charge >= 0.3 is 0 Å². The van der Waals surface area contributed by atoms with Crippen LogP contribution in [-0.4, -0.2) is 22.7 Å². The molecule has 1 aliphatic heterocycles. The second-order valence-electron chi connectivity index (χ2n) is 6.68. The van der Waals surface area contributed by atoms with Crippen molar-refractivity contribution in [2.75, 3.05) is 11.9 Å². The van der Waals surface area contributed by atoms with Gasteiger partial charge in [-0.15, -0.1) is 0 Å². The Kier molecular flexibility index (Phi) is 4.07. The van der Waals surface area contributed by atoms with Crippen LogP contribution in [0.15, 0.2) is 54.6 Å². The highest BCUT2D eigenvalue weighted by atomic mass is 19.1. The van der Waals surface area contributed by atoms with Gasteiger partial charge in [-0.1, -0.05) is 49.4 Å². The largest absolute Gasteiger partial charge is 0.300 e. The molecular formula is C21H20FN3O. The van der Waals surface area contributed by atoms with E-state index in [1.807, 2.05) is 60.1 Å². The SMILES string of the molecule is CC(c1ccc(-c2ccccc2)c(F)c1)c1cc2n(n1)CCC(=O)N2C. The van der Waals surface area contributed by atoms with Gasteiger partial charge in [0.25, 0.3) is 0 Å². The first kappa shape index (κ1) is 16.5. The van der Waals surface area contributed by atoms with Crippen LogP contribution in [0.4, 0.5) is 10.2 Å². The number of hydrogen-bond acceptors (Lipinski definition) is 2. The maximum atomic E-state index is 14.7. The summed E-state index contributed by atoms with van der Waals surface area (Å²) < 4.78 is 16.5. The molecule has 0 spiro atoms. The second kappa shape index (κ2) is 6.41. The van der Waals surface area contributed by atoms with Crippen LogP contribution in [0.3, 0.4) is 0 Å². The number of aromatic nitrogens is 2. The summed E-state index contributed by atoms with van der Waals surface area (Å²) in [5.74, 6) is 0.590. The molecule has 1 atom stereocenters. The van der Waals surface area contributed by atoms with Gasteiger partial charge in [-0.05, 0) is 17.2 Å². The van der Waals surface area contributed by atoms with Gasteiger partial charge in [-0.25, -0.2) is 9.07 Å². The van der Waals surface area contributed by atoms with Gasteiger partial charge in [0.15, 0.2) is 0 Å². The average Bonchev–Trinajstić information content (AvgIpc) is 3.10. The lowest BCUT2D eigenvalue weighted by atomic mass is 9.95. The van der Waals surface area contributed by atoms with Crippen molar-refractivity contribution in [3.05, 3.63) is 71.7 Å². The van der Waals surface area contributed by atoms with Crippen LogP contribution in [0.1, 0.15) is 30.5 Å². The van der Waals surface area contributed by atoms with E-state index in [9.17, 15) is 9.18 Å². The van der Waals surface area contributed by atoms with Gasteiger partial charge in [-0.2, -0.15) is 5.10 Å². The Hall–Kier alpha value is -2.95. The number of carbonyl (C=O) groups excluding carboxylic acids is 1. The summed E-state index contributed by atoms with van der Waals surface area (Å²) >= 11 is 0. The Labute approximate surface area is 151 Å². The fraction of sp³-hybridized carbons (Fsp3) is 0.238. The monoisotopic (exact) mass is 349 g/mol. The van der Waals surface area contributed by atoms with E-state index < -0.39 is 0 Å². The van der Waals surface area contributed by atoms with Crippen molar-refractivity contribution >= 4 is 11.7 Å². The average molecular weight is 349 g/mol. The third-order valence-corrected chi connectivity index (χ3v) is 5.05. The van der Waals surface area contributed by atoms with E-state index >= 15 is 0 Å². The van der Waals surface area contributed by atoms with E-state index in [1.165, 1.54) is 0 Å². The molecule has 0 N–H and O–H groups in total. The normalized spacial score (nSPS) is 15.0. The quantitative estimate of drug-likeness (QED) is 0.710. The number of fused-ring (bicyclic) bond motifs is 1. The van der Waals surface area contributed by atoms with Crippen LogP contribution < -0.4 is 4.90 Å². The third kappa shape index (κ3) is 2.79. The predicted molar refractivity (Wildman–Crippen MR) is 99.6 cm³/mol. The molecule has 0 aliphatic carbocycles. The van der Waals surface area contributed by atoms with Crippen LogP contribution in [0.2, 0.25) is 0 Å². The number of nitrogens with zero attached hydrogens (tertiary/aromatic N) is 3. The van der Waals surface area contributed by atoms with E-state index in [4.69, 9.17) is 0 Å². The Morgan fingerprint density at radius 1 is 1.12 bits per heavy atom. The van der Waals surface area contributed by atoms with Gasteiger partial charge in [0.05, 0.1) is 12.2 Å². The number of halogens is 1. The molecule has 0 saturated carbocycles. The summed E-state index contributed by atoms with van der Waals surface area (Å²) in [6, 6.07) is 16.8. The Morgan fingerprint density at radius 3 is 2.62 bits per heavy atom. The molecule has 1 amide bonds. The summed E-state index contributed by atoms with van der Waals surface area (Å²) in [6.07, 6.45) is 0.458. The lowest BCUT2D eigenvalue weighted by Crippen LogP contribution is -2.33. The minimum atomic E-state index is -0.239. The molecule has 5 heteroatoms. The molecule has 0 fully saturated rings. The topological polar surface area (TPSA) is 38.1 Å². The van der Waals surface area contributed by atoms with Gasteiger partial charge in [0.1, 0.15) is 11.6 Å². The molecule has 4 nitrogen and oxygen atoms in total. The highest BCUT2D eigenvalue weighted by molar-refractivity contribution is 5.93. The van der Waals surface area contributed by atoms with E-state index in [1.54, 1.807) is 18.0 Å². The minimum Gasteiger partial charge on any atom is -0.300 e. The molecule has 3 aromatic rings. The van der Waals surface area contributed by atoms with Crippen molar-refractivity contribution < 1.29 is 9.18 Å². The lowest BCUT2D eigenvalue weighted by Gasteiger charge is -2.22. The first-order chi connectivity index (χ1) is 12.5. The molecule has 132 valence electrons. The number of anilines is 1. The van der Waals surface area contributed by atoms with E-state index in [0.29, 0.717) is 18.5 Å². The predicted octanol–water partition coefficient (Wildman–Crippen LogP) is 4.21. The molecule has 2 heterocycles. The van der Waals surface area contributed by atoms with E-state index in [2.05, 4.69) is 5.10 Å². The number of hydrogen-bond donors (Lipinski definition) is 0. The number of carbonyl (C=O) groups is 1. The summed E-state index contributed by atoms with van der Waals surface area (Å²) in [5.41, 5.74) is 3.16. The molecule has 2 aromatic carbocycles.